The molecular weight excluding hydrogens is 352 g/mol. The van der Waals surface area contributed by atoms with Gasteiger partial charge in [-0.15, -0.1) is 13.2 Å². The third-order valence-electron chi connectivity index (χ3n) is 2.56. The molecule has 11 nitrogen and oxygen atoms in total. The highest BCUT2D eigenvalue weighted by Gasteiger charge is 2.34. The lowest BCUT2D eigenvalue weighted by Crippen LogP contribution is -2.45. The normalized spacial score (nSPS) is 15.6. The predicted molar refractivity (Wildman–Crippen MR) is 82.6 cm³/mol. The summed E-state index contributed by atoms with van der Waals surface area (Å²) in [6.07, 6.45) is 1.10. The molecule has 0 rings (SSSR count). The third kappa shape index (κ3) is 7.08. The van der Waals surface area contributed by atoms with Crippen LogP contribution in [0.15, 0.2) is 30.3 Å². The molecule has 2 atom stereocenters. The Kier molecular flexibility index (Phi) is 7.85. The van der Waals surface area contributed by atoms with Crippen molar-refractivity contribution in [3.63, 3.8) is 0 Å². The Morgan fingerprint density at radius 1 is 1.17 bits per heavy atom. The fourth-order valence-electron chi connectivity index (χ4n) is 1.52. The van der Waals surface area contributed by atoms with Crippen LogP contribution in [-0.4, -0.2) is 59.6 Å². The van der Waals surface area contributed by atoms with Crippen LogP contribution in [0.4, 0.5) is 0 Å². The molecule has 0 aromatic carbocycles. The van der Waals surface area contributed by atoms with Gasteiger partial charge in [-0.2, -0.15) is 0 Å². The summed E-state index contributed by atoms with van der Waals surface area (Å²) in [6, 6.07) is 0. The van der Waals surface area contributed by atoms with Crippen molar-refractivity contribution in [3.05, 3.63) is 25.3 Å². The highest BCUT2D eigenvalue weighted by molar-refractivity contribution is 7.53. The van der Waals surface area contributed by atoms with Crippen LogP contribution in [0.2, 0.25) is 0 Å². The number of carboxylic acids is 1. The van der Waals surface area contributed by atoms with Crippen molar-refractivity contribution in [2.24, 2.45) is 10.7 Å². The summed E-state index contributed by atoms with van der Waals surface area (Å²) in [7, 11) is -9.54. The maximum atomic E-state index is 11.5. The first-order valence-electron chi connectivity index (χ1n) is 6.01. The third-order valence-corrected chi connectivity index (χ3v) is 4.75. The Morgan fingerprint density at radius 3 is 2.00 bits per heavy atom. The molecule has 0 aliphatic rings. The summed E-state index contributed by atoms with van der Waals surface area (Å²) in [6.45, 7) is 5.97. The van der Waals surface area contributed by atoms with Crippen molar-refractivity contribution in [3.8, 4) is 0 Å². The van der Waals surface area contributed by atoms with Crippen LogP contribution in [0, 0.1) is 0 Å². The van der Waals surface area contributed by atoms with E-state index in [9.17, 15) is 23.7 Å². The number of hydrogen-bond acceptors (Lipinski definition) is 4. The van der Waals surface area contributed by atoms with Crippen LogP contribution in [0.3, 0.4) is 0 Å². The number of nitrogens with zero attached hydrogens (tertiary/aromatic N) is 2. The van der Waals surface area contributed by atoms with E-state index in [1.165, 1.54) is 0 Å². The van der Waals surface area contributed by atoms with Gasteiger partial charge in [0.25, 0.3) is 0 Å². The quantitative estimate of drug-likeness (QED) is 0.133. The van der Waals surface area contributed by atoms with Gasteiger partial charge in [-0.1, -0.05) is 12.2 Å². The van der Waals surface area contributed by atoms with Crippen molar-refractivity contribution in [2.45, 2.75) is 18.0 Å². The highest BCUT2D eigenvalue weighted by atomic mass is 31.2. The van der Waals surface area contributed by atoms with Crippen LogP contribution in [0.5, 0.6) is 0 Å². The average Bonchev–Trinajstić information content (AvgIpc) is 2.37. The molecule has 0 fully saturated rings. The van der Waals surface area contributed by atoms with Gasteiger partial charge in [-0.25, -0.2) is 4.99 Å². The van der Waals surface area contributed by atoms with Crippen molar-refractivity contribution in [1.82, 2.24) is 4.90 Å². The molecule has 0 saturated heterocycles. The molecule has 0 spiro atoms. The molecule has 0 heterocycles. The first-order chi connectivity index (χ1) is 10.3. The molecule has 0 bridgehead atoms. The second-order valence-corrected chi connectivity index (χ2v) is 7.72. The molecular formula is C10H19N3O8P2. The molecule has 0 aromatic heterocycles. The average molecular weight is 371 g/mol. The van der Waals surface area contributed by atoms with Gasteiger partial charge in [-0.05, 0) is 0 Å². The number of hydrogen-bond donors (Lipinski definition) is 6. The predicted octanol–water partition coefficient (Wildman–Crippen LogP) is -0.543. The molecule has 23 heavy (non-hydrogen) atoms. The smallest absolute Gasteiger partial charge is 0.353 e. The van der Waals surface area contributed by atoms with E-state index in [4.69, 9.17) is 20.6 Å². The Labute approximate surface area is 132 Å². The van der Waals surface area contributed by atoms with Gasteiger partial charge in [0.15, 0.2) is 17.5 Å². The lowest BCUT2D eigenvalue weighted by Gasteiger charge is -2.31. The minimum absolute atomic E-state index is 0.461. The Balaban J connectivity index is 5.78. The Hall–Kier alpha value is -1.48. The summed E-state index contributed by atoms with van der Waals surface area (Å²) in [5, 5.41) is 8.69. The number of carboxylic acid groups (broad SMARTS) is 1. The van der Waals surface area contributed by atoms with E-state index in [0.29, 0.717) is 4.90 Å². The zero-order valence-corrected chi connectivity index (χ0v) is 13.8. The fourth-order valence-corrected chi connectivity index (χ4v) is 2.93. The number of carbonyl (C=O) groups is 1. The monoisotopic (exact) mass is 371 g/mol. The van der Waals surface area contributed by atoms with Crippen LogP contribution in [-0.2, 0) is 13.9 Å². The number of nitrogens with two attached hydrogens (primary N) is 1. The van der Waals surface area contributed by atoms with Crippen molar-refractivity contribution in [1.29, 1.82) is 0 Å². The first kappa shape index (κ1) is 21.5. The van der Waals surface area contributed by atoms with E-state index in [1.807, 2.05) is 0 Å². The Bertz CT molecular complexity index is 581. The van der Waals surface area contributed by atoms with E-state index >= 15 is 0 Å². The van der Waals surface area contributed by atoms with E-state index in [0.717, 1.165) is 12.2 Å². The SMILES string of the molecule is C=CC(N=C(N)N(CCC(=O)O)C(C=C)P(=O)(O)O)P(=O)(O)O. The second-order valence-electron chi connectivity index (χ2n) is 4.30. The zero-order valence-electron chi connectivity index (χ0n) is 12.0. The molecule has 2 unspecified atom stereocenters. The first-order valence-corrected chi connectivity index (χ1v) is 9.38. The summed E-state index contributed by atoms with van der Waals surface area (Å²) < 4.78 is 22.7. The molecule has 0 aromatic rings. The number of guanidine groups is 1. The minimum Gasteiger partial charge on any atom is -0.481 e. The van der Waals surface area contributed by atoms with E-state index in [-0.39, 0.29) is 0 Å². The Morgan fingerprint density at radius 2 is 1.70 bits per heavy atom. The summed E-state index contributed by atoms with van der Waals surface area (Å²) in [5.74, 6) is -5.37. The fraction of sp³-hybridized carbons (Fsp3) is 0.400. The van der Waals surface area contributed by atoms with Crippen molar-refractivity contribution >= 4 is 27.1 Å². The van der Waals surface area contributed by atoms with Crippen molar-refractivity contribution in [2.75, 3.05) is 6.54 Å². The lowest BCUT2D eigenvalue weighted by atomic mass is 10.4. The second kappa shape index (κ2) is 8.39. The summed E-state index contributed by atoms with van der Waals surface area (Å²) in [5.41, 5.74) is 5.55. The van der Waals surface area contributed by atoms with Gasteiger partial charge >= 0.3 is 21.2 Å². The van der Waals surface area contributed by atoms with Gasteiger partial charge in [-0.3, -0.25) is 13.9 Å². The maximum Gasteiger partial charge on any atom is 0.353 e. The largest absolute Gasteiger partial charge is 0.481 e. The molecule has 13 heteroatoms. The van der Waals surface area contributed by atoms with Crippen LogP contribution in [0.1, 0.15) is 6.42 Å². The molecule has 0 aliphatic heterocycles. The van der Waals surface area contributed by atoms with Crippen molar-refractivity contribution < 1.29 is 38.6 Å². The number of rotatable bonds is 9. The molecule has 0 radical (unpaired) electrons. The van der Waals surface area contributed by atoms with Gasteiger partial charge in [0.1, 0.15) is 0 Å². The van der Waals surface area contributed by atoms with E-state index in [1.54, 1.807) is 0 Å². The highest BCUT2D eigenvalue weighted by Crippen LogP contribution is 2.45. The number of aliphatic carboxylic acids is 1. The van der Waals surface area contributed by atoms with Crippen LogP contribution in [0.25, 0.3) is 0 Å². The zero-order chi connectivity index (χ0) is 18.4. The molecule has 0 aliphatic carbocycles. The topological polar surface area (TPSA) is 194 Å². The molecule has 0 saturated carbocycles. The van der Waals surface area contributed by atoms with E-state index in [2.05, 4.69) is 18.2 Å². The summed E-state index contributed by atoms with van der Waals surface area (Å²) >= 11 is 0. The van der Waals surface area contributed by atoms with E-state index < -0.39 is 51.7 Å². The minimum atomic E-state index is -4.80. The summed E-state index contributed by atoms with van der Waals surface area (Å²) in [4.78, 5) is 51.6. The van der Waals surface area contributed by atoms with Gasteiger partial charge in [0.05, 0.1) is 6.42 Å². The number of aliphatic imine (C=N–C) groups is 1. The van der Waals surface area contributed by atoms with Gasteiger partial charge in [0, 0.05) is 6.54 Å². The molecule has 132 valence electrons. The van der Waals surface area contributed by atoms with Gasteiger partial charge in [0.2, 0.25) is 0 Å². The standard InChI is InChI=1S/C10H19N3O8P2/c1-3-7(22(16,17)18)12-10(11)13(6-5-9(14)15)8(4-2)23(19,20)21/h3-4,7-8H,1-2,5-6H2,(H2,11,12)(H,14,15)(H2,16,17,18)(H2,19,20,21). The lowest BCUT2D eigenvalue weighted by molar-refractivity contribution is -0.137. The van der Waals surface area contributed by atoms with Crippen LogP contribution >= 0.6 is 15.2 Å². The van der Waals surface area contributed by atoms with Crippen LogP contribution < -0.4 is 5.73 Å². The molecule has 7 N–H and O–H groups in total. The maximum absolute atomic E-state index is 11.5. The van der Waals surface area contributed by atoms with Gasteiger partial charge < -0.3 is 35.3 Å². The molecule has 0 amide bonds.